The Morgan fingerprint density at radius 2 is 1.91 bits per heavy atom. The number of carbonyl (C=O) groups is 2. The minimum absolute atomic E-state index is 0.00220. The lowest BCUT2D eigenvalue weighted by Gasteiger charge is -2.25. The number of amides is 2. The minimum Gasteiger partial charge on any atom is -0.381 e. The highest BCUT2D eigenvalue weighted by atomic mass is 19.1. The summed E-state index contributed by atoms with van der Waals surface area (Å²) in [4.78, 5) is 29.1. The van der Waals surface area contributed by atoms with Gasteiger partial charge in [-0.05, 0) is 42.7 Å². The topological polar surface area (TPSA) is 92.4 Å². The Kier molecular flexibility index (Phi) is 9.18. The third-order valence-electron chi connectivity index (χ3n) is 5.55. The van der Waals surface area contributed by atoms with Crippen LogP contribution in [0.15, 0.2) is 30.5 Å². The number of nitrogens with one attached hydrogen (secondary N) is 3. The Hall–Kier alpha value is -3.00. The van der Waals surface area contributed by atoms with Crippen LogP contribution in [0.25, 0.3) is 0 Å². The van der Waals surface area contributed by atoms with E-state index in [2.05, 4.69) is 27.9 Å². The highest BCUT2D eigenvalue weighted by molar-refractivity contribution is 5.95. The van der Waals surface area contributed by atoms with E-state index in [1.54, 1.807) is 6.07 Å². The van der Waals surface area contributed by atoms with Crippen molar-refractivity contribution in [1.29, 1.82) is 0 Å². The third kappa shape index (κ3) is 6.99. The molecular weight excluding hydrogens is 423 g/mol. The van der Waals surface area contributed by atoms with Gasteiger partial charge in [0.25, 0.3) is 11.8 Å². The molecule has 0 atom stereocenters. The number of anilines is 2. The molecule has 1 aliphatic heterocycles. The first-order valence-corrected chi connectivity index (χ1v) is 11.7. The number of hydrogen-bond acceptors (Lipinski definition) is 5. The number of rotatable bonds is 12. The van der Waals surface area contributed by atoms with Gasteiger partial charge in [0, 0.05) is 30.9 Å². The number of unbranched alkanes of at least 4 members (excludes halogenated alkanes) is 2. The minimum atomic E-state index is -0.609. The van der Waals surface area contributed by atoms with Gasteiger partial charge in [-0.25, -0.2) is 9.37 Å². The maximum atomic E-state index is 14.6. The second kappa shape index (κ2) is 12.3. The molecule has 0 saturated carbocycles. The molecule has 2 amide bonds. The first-order valence-electron chi connectivity index (χ1n) is 11.7. The van der Waals surface area contributed by atoms with Gasteiger partial charge in [0.1, 0.15) is 11.6 Å². The van der Waals surface area contributed by atoms with Crippen molar-refractivity contribution in [2.45, 2.75) is 46.0 Å². The highest BCUT2D eigenvalue weighted by Gasteiger charge is 2.20. The smallest absolute Gasteiger partial charge is 0.254 e. The van der Waals surface area contributed by atoms with Gasteiger partial charge in [-0.15, -0.1) is 0 Å². The second-order valence-corrected chi connectivity index (χ2v) is 8.38. The lowest BCUT2D eigenvalue weighted by molar-refractivity contribution is -0.0298. The molecule has 1 saturated heterocycles. The monoisotopic (exact) mass is 456 g/mol. The Balaban J connectivity index is 1.66. The van der Waals surface area contributed by atoms with Gasteiger partial charge in [0.05, 0.1) is 24.3 Å². The Morgan fingerprint density at radius 3 is 2.58 bits per heavy atom. The predicted octanol–water partition coefficient (Wildman–Crippen LogP) is 4.21. The number of halogens is 1. The number of carbonyl (C=O) groups excluding carboxylic acids is 2. The fourth-order valence-electron chi connectivity index (χ4n) is 3.53. The largest absolute Gasteiger partial charge is 0.381 e. The molecule has 2 heterocycles. The molecule has 178 valence electrons. The van der Waals surface area contributed by atoms with E-state index in [0.29, 0.717) is 49.3 Å². The van der Waals surface area contributed by atoms with Crippen LogP contribution in [0.1, 0.15) is 65.8 Å². The van der Waals surface area contributed by atoms with Crippen LogP contribution in [-0.4, -0.2) is 43.1 Å². The maximum absolute atomic E-state index is 14.6. The maximum Gasteiger partial charge on any atom is 0.254 e. The van der Waals surface area contributed by atoms with E-state index in [0.717, 1.165) is 37.7 Å². The van der Waals surface area contributed by atoms with E-state index < -0.39 is 11.7 Å². The number of aryl methyl sites for hydroxylation is 1. The van der Waals surface area contributed by atoms with Crippen molar-refractivity contribution >= 4 is 23.3 Å². The van der Waals surface area contributed by atoms with Crippen LogP contribution < -0.4 is 16.0 Å². The first kappa shape index (κ1) is 24.6. The third-order valence-corrected chi connectivity index (χ3v) is 5.55. The zero-order chi connectivity index (χ0) is 23.6. The molecule has 7 nitrogen and oxygen atoms in total. The molecule has 0 bridgehead atoms. The van der Waals surface area contributed by atoms with Crippen molar-refractivity contribution in [3.63, 3.8) is 0 Å². The summed E-state index contributed by atoms with van der Waals surface area (Å²) in [6.07, 6.45) is 6.25. The standard InChI is InChI=1S/C25H33FN4O3/c1-3-5-6-10-27-24(31)19-11-18(7-4-2)23(28-14-19)30-20-8-9-21(22(26)12-20)25(32)29-13-17-15-33-16-17/h8-9,11-12,14,17H,3-7,10,13,15-16H2,1-2H3,(H,27,31)(H,28,30)(H,29,32). The quantitative estimate of drug-likeness (QED) is 0.416. The lowest BCUT2D eigenvalue weighted by Crippen LogP contribution is -2.39. The molecule has 8 heteroatoms. The zero-order valence-corrected chi connectivity index (χ0v) is 19.4. The average molecular weight is 457 g/mol. The molecule has 0 unspecified atom stereocenters. The first-order chi connectivity index (χ1) is 16.0. The van der Waals surface area contributed by atoms with E-state index in [4.69, 9.17) is 4.74 Å². The number of benzene rings is 1. The molecule has 2 aromatic rings. The molecular formula is C25H33FN4O3. The van der Waals surface area contributed by atoms with E-state index >= 15 is 0 Å². The van der Waals surface area contributed by atoms with E-state index in [-0.39, 0.29) is 11.5 Å². The number of nitrogens with zero attached hydrogens (tertiary/aromatic N) is 1. The van der Waals surface area contributed by atoms with Crippen molar-refractivity contribution in [2.24, 2.45) is 5.92 Å². The summed E-state index contributed by atoms with van der Waals surface area (Å²) in [5.74, 6) is -0.326. The van der Waals surface area contributed by atoms with Crippen LogP contribution in [0, 0.1) is 11.7 Å². The Morgan fingerprint density at radius 1 is 1.09 bits per heavy atom. The van der Waals surface area contributed by atoms with Crippen LogP contribution in [0.5, 0.6) is 0 Å². The normalized spacial score (nSPS) is 13.3. The van der Waals surface area contributed by atoms with Crippen LogP contribution in [0.4, 0.5) is 15.9 Å². The summed E-state index contributed by atoms with van der Waals surface area (Å²) >= 11 is 0. The van der Waals surface area contributed by atoms with Crippen molar-refractivity contribution in [1.82, 2.24) is 15.6 Å². The van der Waals surface area contributed by atoms with Crippen LogP contribution >= 0.6 is 0 Å². The summed E-state index contributed by atoms with van der Waals surface area (Å²) in [6.45, 7) is 6.53. The molecule has 0 radical (unpaired) electrons. The van der Waals surface area contributed by atoms with Crippen molar-refractivity contribution in [2.75, 3.05) is 31.6 Å². The average Bonchev–Trinajstić information content (AvgIpc) is 2.77. The van der Waals surface area contributed by atoms with Crippen LogP contribution in [0.2, 0.25) is 0 Å². The molecule has 0 spiro atoms. The molecule has 1 aromatic carbocycles. The molecule has 1 aromatic heterocycles. The molecule has 1 fully saturated rings. The molecule has 3 rings (SSSR count). The molecule has 1 aliphatic rings. The molecule has 3 N–H and O–H groups in total. The summed E-state index contributed by atoms with van der Waals surface area (Å²) in [6, 6.07) is 6.22. The predicted molar refractivity (Wildman–Crippen MR) is 126 cm³/mol. The Bertz CT molecular complexity index is 963. The highest BCUT2D eigenvalue weighted by Crippen LogP contribution is 2.23. The number of hydrogen-bond donors (Lipinski definition) is 3. The van der Waals surface area contributed by atoms with E-state index in [1.165, 1.54) is 18.3 Å². The lowest BCUT2D eigenvalue weighted by atomic mass is 10.1. The van der Waals surface area contributed by atoms with Crippen LogP contribution in [0.3, 0.4) is 0 Å². The number of ether oxygens (including phenoxy) is 1. The van der Waals surface area contributed by atoms with Gasteiger partial charge >= 0.3 is 0 Å². The van der Waals surface area contributed by atoms with Crippen molar-refractivity contribution in [3.05, 3.63) is 53.0 Å². The zero-order valence-electron chi connectivity index (χ0n) is 19.4. The fourth-order valence-corrected chi connectivity index (χ4v) is 3.53. The van der Waals surface area contributed by atoms with Gasteiger partial charge < -0.3 is 20.7 Å². The van der Waals surface area contributed by atoms with E-state index in [1.807, 2.05) is 13.0 Å². The SMILES string of the molecule is CCCCCNC(=O)c1cnc(Nc2ccc(C(=O)NCC3COC3)c(F)c2)c(CCC)c1. The Labute approximate surface area is 194 Å². The van der Waals surface area contributed by atoms with Crippen molar-refractivity contribution < 1.29 is 18.7 Å². The molecule has 33 heavy (non-hydrogen) atoms. The van der Waals surface area contributed by atoms with E-state index in [9.17, 15) is 14.0 Å². The number of aromatic nitrogens is 1. The summed E-state index contributed by atoms with van der Waals surface area (Å²) < 4.78 is 19.7. The second-order valence-electron chi connectivity index (χ2n) is 8.38. The summed E-state index contributed by atoms with van der Waals surface area (Å²) in [7, 11) is 0. The van der Waals surface area contributed by atoms with Gasteiger partial charge in [-0.3, -0.25) is 9.59 Å². The van der Waals surface area contributed by atoms with Crippen molar-refractivity contribution in [3.8, 4) is 0 Å². The van der Waals surface area contributed by atoms with Gasteiger partial charge in [-0.1, -0.05) is 33.1 Å². The fraction of sp³-hybridized carbons (Fsp3) is 0.480. The number of pyridine rings is 1. The summed E-state index contributed by atoms with van der Waals surface area (Å²) in [5.41, 5.74) is 1.87. The molecule has 0 aliphatic carbocycles. The van der Waals surface area contributed by atoms with Gasteiger partial charge in [0.15, 0.2) is 0 Å². The van der Waals surface area contributed by atoms with Gasteiger partial charge in [0.2, 0.25) is 0 Å². The summed E-state index contributed by atoms with van der Waals surface area (Å²) in [5, 5.41) is 8.80. The van der Waals surface area contributed by atoms with Crippen LogP contribution in [-0.2, 0) is 11.2 Å². The van der Waals surface area contributed by atoms with Gasteiger partial charge in [-0.2, -0.15) is 0 Å².